The topological polar surface area (TPSA) is 63.7 Å². The summed E-state index contributed by atoms with van der Waals surface area (Å²) in [6, 6.07) is 5.85. The monoisotopic (exact) mass is 337 g/mol. The van der Waals surface area contributed by atoms with Crippen molar-refractivity contribution < 1.29 is 17.9 Å². The van der Waals surface area contributed by atoms with Gasteiger partial charge in [0.25, 0.3) is 0 Å². The lowest BCUT2D eigenvalue weighted by Crippen LogP contribution is -2.41. The molecule has 0 atom stereocenters. The minimum Gasteiger partial charge on any atom is -0.461 e. The lowest BCUT2D eigenvalue weighted by Gasteiger charge is -2.26. The number of rotatable bonds is 4. The van der Waals surface area contributed by atoms with Crippen molar-refractivity contribution in [2.45, 2.75) is 25.7 Å². The van der Waals surface area contributed by atoms with E-state index in [4.69, 9.17) is 4.74 Å². The Morgan fingerprint density at radius 1 is 1.09 bits per heavy atom. The van der Waals surface area contributed by atoms with Crippen molar-refractivity contribution in [3.8, 4) is 0 Å². The first-order valence-corrected chi connectivity index (χ1v) is 10.1. The minimum absolute atomic E-state index is 0.200. The molecule has 23 heavy (non-hydrogen) atoms. The number of ether oxygens (including phenoxy) is 1. The molecule has 0 saturated carbocycles. The van der Waals surface area contributed by atoms with E-state index in [9.17, 15) is 13.2 Å². The third-order valence-electron chi connectivity index (χ3n) is 4.66. The molecule has 1 aromatic carbocycles. The maximum Gasteiger partial charge on any atom is 0.338 e. The highest BCUT2D eigenvalue weighted by Crippen LogP contribution is 2.22. The number of hydrogen-bond donors (Lipinski definition) is 0. The molecule has 1 aromatic rings. The summed E-state index contributed by atoms with van der Waals surface area (Å²) in [6.45, 7) is 1.94. The molecule has 2 aliphatic rings. The van der Waals surface area contributed by atoms with Gasteiger partial charge < -0.3 is 4.74 Å². The highest BCUT2D eigenvalue weighted by Gasteiger charge is 2.21. The maximum atomic E-state index is 12.1. The Morgan fingerprint density at radius 3 is 2.52 bits per heavy atom. The summed E-state index contributed by atoms with van der Waals surface area (Å²) in [5.41, 5.74) is 3.24. The van der Waals surface area contributed by atoms with Crippen LogP contribution in [0.15, 0.2) is 18.2 Å². The standard InChI is InChI=1S/C17H23NO4S/c19-17(16-6-5-14-3-1-2-4-15(14)13-16)22-10-7-18-8-11-23(20,21)12-9-18/h5-6,13H,1-4,7-12H2. The highest BCUT2D eigenvalue weighted by molar-refractivity contribution is 7.91. The van der Waals surface area contributed by atoms with Gasteiger partial charge in [-0.1, -0.05) is 6.07 Å². The molecule has 1 fully saturated rings. The first-order chi connectivity index (χ1) is 11.0. The van der Waals surface area contributed by atoms with Gasteiger partial charge in [0.15, 0.2) is 9.84 Å². The lowest BCUT2D eigenvalue weighted by atomic mass is 9.90. The summed E-state index contributed by atoms with van der Waals surface area (Å²) >= 11 is 0. The van der Waals surface area contributed by atoms with E-state index < -0.39 is 9.84 Å². The smallest absolute Gasteiger partial charge is 0.338 e. The lowest BCUT2D eigenvalue weighted by molar-refractivity contribution is 0.0465. The minimum atomic E-state index is -2.86. The molecule has 1 aliphatic carbocycles. The maximum absolute atomic E-state index is 12.1. The molecule has 5 nitrogen and oxygen atoms in total. The van der Waals surface area contributed by atoms with Gasteiger partial charge in [0.2, 0.25) is 0 Å². The fourth-order valence-corrected chi connectivity index (χ4v) is 4.46. The van der Waals surface area contributed by atoms with Crippen LogP contribution in [-0.4, -0.2) is 57.0 Å². The van der Waals surface area contributed by atoms with Crippen LogP contribution in [0, 0.1) is 0 Å². The zero-order valence-corrected chi connectivity index (χ0v) is 14.1. The van der Waals surface area contributed by atoms with E-state index in [2.05, 4.69) is 0 Å². The summed E-state index contributed by atoms with van der Waals surface area (Å²) in [6.07, 6.45) is 4.55. The third kappa shape index (κ3) is 4.32. The first-order valence-electron chi connectivity index (χ1n) is 8.25. The van der Waals surface area contributed by atoms with Crippen LogP contribution < -0.4 is 0 Å². The van der Waals surface area contributed by atoms with E-state index in [-0.39, 0.29) is 17.5 Å². The van der Waals surface area contributed by atoms with Gasteiger partial charge in [-0.25, -0.2) is 13.2 Å². The van der Waals surface area contributed by atoms with Crippen LogP contribution in [0.25, 0.3) is 0 Å². The Balaban J connectivity index is 1.48. The average Bonchev–Trinajstić information content (AvgIpc) is 2.56. The molecule has 1 saturated heterocycles. The molecule has 3 rings (SSSR count). The molecule has 0 bridgehead atoms. The molecule has 6 heteroatoms. The number of nitrogens with zero attached hydrogens (tertiary/aromatic N) is 1. The number of carbonyl (C=O) groups is 1. The molecule has 0 spiro atoms. The van der Waals surface area contributed by atoms with Crippen LogP contribution in [0.4, 0.5) is 0 Å². The highest BCUT2D eigenvalue weighted by atomic mass is 32.2. The van der Waals surface area contributed by atoms with Crippen molar-refractivity contribution in [3.05, 3.63) is 34.9 Å². The molecule has 0 amide bonds. The fourth-order valence-electron chi connectivity index (χ4n) is 3.19. The number of hydrogen-bond acceptors (Lipinski definition) is 5. The van der Waals surface area contributed by atoms with Gasteiger partial charge in [0.1, 0.15) is 6.61 Å². The number of esters is 1. The van der Waals surface area contributed by atoms with Gasteiger partial charge in [-0.2, -0.15) is 0 Å². The van der Waals surface area contributed by atoms with Crippen molar-refractivity contribution in [1.29, 1.82) is 0 Å². The van der Waals surface area contributed by atoms with E-state index in [0.29, 0.717) is 31.8 Å². The van der Waals surface area contributed by atoms with Crippen LogP contribution in [0.2, 0.25) is 0 Å². The van der Waals surface area contributed by atoms with E-state index in [1.54, 1.807) is 0 Å². The Morgan fingerprint density at radius 2 is 1.78 bits per heavy atom. The van der Waals surface area contributed by atoms with Gasteiger partial charge >= 0.3 is 5.97 Å². The SMILES string of the molecule is O=C(OCCN1CCS(=O)(=O)CC1)c1ccc2c(c1)CCCC2. The van der Waals surface area contributed by atoms with Crippen molar-refractivity contribution >= 4 is 15.8 Å². The second kappa shape index (κ2) is 7.01. The molecular weight excluding hydrogens is 314 g/mol. The van der Waals surface area contributed by atoms with Crippen LogP contribution >= 0.6 is 0 Å². The second-order valence-electron chi connectivity index (χ2n) is 6.32. The summed E-state index contributed by atoms with van der Waals surface area (Å²) < 4.78 is 28.1. The zero-order chi connectivity index (χ0) is 16.3. The quantitative estimate of drug-likeness (QED) is 0.778. The van der Waals surface area contributed by atoms with Gasteiger partial charge in [0.05, 0.1) is 17.1 Å². The van der Waals surface area contributed by atoms with Crippen molar-refractivity contribution in [2.24, 2.45) is 0 Å². The van der Waals surface area contributed by atoms with Crippen molar-refractivity contribution in [2.75, 3.05) is 37.7 Å². The Hall–Kier alpha value is -1.40. The molecule has 126 valence electrons. The summed E-state index contributed by atoms with van der Waals surface area (Å²) in [7, 11) is -2.86. The molecule has 0 N–H and O–H groups in total. The average molecular weight is 337 g/mol. The second-order valence-corrected chi connectivity index (χ2v) is 8.62. The van der Waals surface area contributed by atoms with Crippen LogP contribution in [0.5, 0.6) is 0 Å². The molecule has 0 unspecified atom stereocenters. The zero-order valence-electron chi connectivity index (χ0n) is 13.3. The molecule has 1 aliphatic heterocycles. The molecular formula is C17H23NO4S. The summed E-state index contributed by atoms with van der Waals surface area (Å²) in [5.74, 6) is 0.111. The predicted octanol–water partition coefficient (Wildman–Crippen LogP) is 1.45. The molecule has 1 heterocycles. The van der Waals surface area contributed by atoms with Gasteiger partial charge in [-0.3, -0.25) is 4.90 Å². The van der Waals surface area contributed by atoms with Crippen LogP contribution in [0.1, 0.15) is 34.3 Å². The largest absolute Gasteiger partial charge is 0.461 e. The van der Waals surface area contributed by atoms with Crippen LogP contribution in [-0.2, 0) is 27.4 Å². The Bertz CT molecular complexity index is 670. The van der Waals surface area contributed by atoms with E-state index >= 15 is 0 Å². The predicted molar refractivity (Wildman–Crippen MR) is 88.5 cm³/mol. The fraction of sp³-hybridized carbons (Fsp3) is 0.588. The summed E-state index contributed by atoms with van der Waals surface area (Å²) in [4.78, 5) is 14.2. The van der Waals surface area contributed by atoms with E-state index in [0.717, 1.165) is 12.8 Å². The summed E-state index contributed by atoms with van der Waals surface area (Å²) in [5, 5.41) is 0. The number of benzene rings is 1. The number of carbonyl (C=O) groups excluding carboxylic acids is 1. The normalized spacial score (nSPS) is 20.7. The van der Waals surface area contributed by atoms with Gasteiger partial charge in [0, 0.05) is 19.6 Å². The van der Waals surface area contributed by atoms with Gasteiger partial charge in [-0.15, -0.1) is 0 Å². The molecule has 0 radical (unpaired) electrons. The first kappa shape index (κ1) is 16.5. The Kier molecular flexibility index (Phi) is 5.02. The number of aryl methyl sites for hydroxylation is 2. The van der Waals surface area contributed by atoms with E-state index in [1.165, 1.54) is 24.0 Å². The van der Waals surface area contributed by atoms with E-state index in [1.807, 2.05) is 23.1 Å². The van der Waals surface area contributed by atoms with Crippen molar-refractivity contribution in [3.63, 3.8) is 0 Å². The van der Waals surface area contributed by atoms with Crippen molar-refractivity contribution in [1.82, 2.24) is 4.90 Å². The molecule has 0 aromatic heterocycles. The number of sulfone groups is 1. The number of fused-ring (bicyclic) bond motifs is 1. The Labute approximate surface area is 137 Å². The van der Waals surface area contributed by atoms with Gasteiger partial charge in [-0.05, 0) is 48.9 Å². The third-order valence-corrected chi connectivity index (χ3v) is 6.27. The van der Waals surface area contributed by atoms with Crippen LogP contribution in [0.3, 0.4) is 0 Å².